The van der Waals surface area contributed by atoms with Crippen molar-refractivity contribution < 1.29 is 38.4 Å². The van der Waals surface area contributed by atoms with Crippen LogP contribution in [0.4, 0.5) is 0 Å². The molecule has 3 rings (SSSR count). The van der Waals surface area contributed by atoms with Crippen molar-refractivity contribution >= 4 is 17.8 Å². The summed E-state index contributed by atoms with van der Waals surface area (Å²) in [6.45, 7) is 4.37. The number of carbonyl (C=O) groups excluding carboxylic acids is 3. The molecule has 0 unspecified atom stereocenters. The van der Waals surface area contributed by atoms with Crippen molar-refractivity contribution in [3.8, 4) is 0 Å². The highest BCUT2D eigenvalue weighted by Crippen LogP contribution is 2.28. The second-order valence-electron chi connectivity index (χ2n) is 7.55. The normalized spacial score (nSPS) is 24.0. The number of aliphatic hydroxyl groups excluding tert-OH is 1. The largest absolute Gasteiger partial charge is 0.452 e. The van der Waals surface area contributed by atoms with E-state index >= 15 is 0 Å². The van der Waals surface area contributed by atoms with E-state index in [0.29, 0.717) is 0 Å². The van der Waals surface area contributed by atoms with Crippen molar-refractivity contribution in [3.63, 3.8) is 0 Å². The molecular weight excluding hydrogens is 442 g/mol. The van der Waals surface area contributed by atoms with Crippen LogP contribution in [0.2, 0.25) is 0 Å². The molecule has 2 aromatic rings. The van der Waals surface area contributed by atoms with Gasteiger partial charge in [0.25, 0.3) is 0 Å². The lowest BCUT2D eigenvalue weighted by Gasteiger charge is -2.44. The fourth-order valence-corrected chi connectivity index (χ4v) is 3.56. The van der Waals surface area contributed by atoms with Gasteiger partial charge in [-0.15, -0.1) is 6.58 Å². The molecular formula is C25H27NO8. The third-order valence-corrected chi connectivity index (χ3v) is 5.08. The molecule has 9 nitrogen and oxygen atoms in total. The minimum atomic E-state index is -1.24. The van der Waals surface area contributed by atoms with Gasteiger partial charge in [0, 0.05) is 6.92 Å². The molecule has 1 heterocycles. The zero-order valence-electron chi connectivity index (χ0n) is 18.7. The smallest absolute Gasteiger partial charge is 0.338 e. The number of benzene rings is 2. The van der Waals surface area contributed by atoms with Crippen molar-refractivity contribution in [2.24, 2.45) is 0 Å². The van der Waals surface area contributed by atoms with Gasteiger partial charge in [0.15, 0.2) is 18.5 Å². The molecule has 9 heteroatoms. The van der Waals surface area contributed by atoms with Crippen LogP contribution in [-0.4, -0.2) is 66.8 Å². The summed E-state index contributed by atoms with van der Waals surface area (Å²) in [4.78, 5) is 37.7. The molecule has 0 radical (unpaired) electrons. The highest BCUT2D eigenvalue weighted by Gasteiger charge is 2.51. The first-order chi connectivity index (χ1) is 16.4. The van der Waals surface area contributed by atoms with Gasteiger partial charge in [-0.2, -0.15) is 0 Å². The summed E-state index contributed by atoms with van der Waals surface area (Å²) in [5, 5.41) is 12.7. The van der Waals surface area contributed by atoms with Crippen LogP contribution in [0.25, 0.3) is 0 Å². The zero-order valence-corrected chi connectivity index (χ0v) is 18.7. The maximum Gasteiger partial charge on any atom is 0.338 e. The summed E-state index contributed by atoms with van der Waals surface area (Å²) in [5.41, 5.74) is 0.515. The van der Waals surface area contributed by atoms with Crippen LogP contribution < -0.4 is 5.32 Å². The molecule has 0 bridgehead atoms. The Hall–Kier alpha value is -3.53. The van der Waals surface area contributed by atoms with E-state index < -0.39 is 55.1 Å². The molecule has 1 fully saturated rings. The highest BCUT2D eigenvalue weighted by atomic mass is 16.7. The second kappa shape index (κ2) is 12.1. The topological polar surface area (TPSA) is 120 Å². The molecule has 1 amide bonds. The van der Waals surface area contributed by atoms with E-state index in [1.54, 1.807) is 60.7 Å². The van der Waals surface area contributed by atoms with E-state index in [-0.39, 0.29) is 17.7 Å². The Kier molecular flexibility index (Phi) is 8.92. The number of esters is 2. The maximum atomic E-state index is 12.9. The maximum absolute atomic E-state index is 12.9. The molecule has 0 aliphatic carbocycles. The van der Waals surface area contributed by atoms with Crippen LogP contribution in [-0.2, 0) is 23.7 Å². The standard InChI is InChI=1S/C25H27NO8/c1-3-14-31-25-20(26-16(2)28)22(34-24(30)18-12-8-5-9-13-18)21(19(15-27)32-25)33-23(29)17-10-6-4-7-11-17/h3-13,19-22,25,27H,1,14-15H2,2H3,(H,26,28)/t19-,20+,21-,22-,25+/m1/s1. The first kappa shape index (κ1) is 25.1. The predicted octanol–water partition coefficient (Wildman–Crippen LogP) is 1.86. The molecule has 0 saturated carbocycles. The molecule has 1 saturated heterocycles. The van der Waals surface area contributed by atoms with E-state index in [0.717, 1.165) is 0 Å². The van der Waals surface area contributed by atoms with Crippen LogP contribution in [0.1, 0.15) is 27.6 Å². The van der Waals surface area contributed by atoms with Crippen molar-refractivity contribution in [3.05, 3.63) is 84.4 Å². The third-order valence-electron chi connectivity index (χ3n) is 5.08. The van der Waals surface area contributed by atoms with E-state index in [9.17, 15) is 19.5 Å². The third kappa shape index (κ3) is 6.28. The minimum absolute atomic E-state index is 0.0622. The molecule has 5 atom stereocenters. The lowest BCUT2D eigenvalue weighted by molar-refractivity contribution is -0.266. The SMILES string of the molecule is C=CCO[C@H]1O[C@H](CO)[C@@H](OC(=O)c2ccccc2)[C@H](OC(=O)c2ccccc2)[C@@H]1NC(C)=O. The van der Waals surface area contributed by atoms with E-state index in [1.165, 1.54) is 13.0 Å². The average Bonchev–Trinajstić information content (AvgIpc) is 2.85. The Bertz CT molecular complexity index is 981. The van der Waals surface area contributed by atoms with Gasteiger partial charge in [-0.25, -0.2) is 9.59 Å². The lowest BCUT2D eigenvalue weighted by atomic mass is 9.95. The van der Waals surface area contributed by atoms with Crippen LogP contribution >= 0.6 is 0 Å². The monoisotopic (exact) mass is 469 g/mol. The fourth-order valence-electron chi connectivity index (χ4n) is 3.56. The highest BCUT2D eigenvalue weighted by molar-refractivity contribution is 5.90. The van der Waals surface area contributed by atoms with Gasteiger partial charge in [0.2, 0.25) is 5.91 Å². The van der Waals surface area contributed by atoms with Gasteiger partial charge < -0.3 is 29.4 Å². The van der Waals surface area contributed by atoms with Gasteiger partial charge in [-0.05, 0) is 24.3 Å². The Balaban J connectivity index is 1.96. The van der Waals surface area contributed by atoms with Crippen LogP contribution in [0.3, 0.4) is 0 Å². The summed E-state index contributed by atoms with van der Waals surface area (Å²) in [7, 11) is 0. The molecule has 2 N–H and O–H groups in total. The number of ether oxygens (including phenoxy) is 4. The van der Waals surface area contributed by atoms with E-state index in [1.807, 2.05) is 0 Å². The Labute approximate surface area is 197 Å². The summed E-state index contributed by atoms with van der Waals surface area (Å²) < 4.78 is 22.9. The zero-order chi connectivity index (χ0) is 24.5. The van der Waals surface area contributed by atoms with Crippen molar-refractivity contribution in [1.29, 1.82) is 0 Å². The molecule has 1 aliphatic heterocycles. The number of hydrogen-bond acceptors (Lipinski definition) is 8. The number of hydrogen-bond donors (Lipinski definition) is 2. The Morgan fingerprint density at radius 1 is 0.971 bits per heavy atom. The summed E-state index contributed by atoms with van der Waals surface area (Å²) >= 11 is 0. The predicted molar refractivity (Wildman–Crippen MR) is 121 cm³/mol. The van der Waals surface area contributed by atoms with Crippen molar-refractivity contribution in [2.45, 2.75) is 37.6 Å². The molecule has 180 valence electrons. The number of aliphatic hydroxyl groups is 1. The minimum Gasteiger partial charge on any atom is -0.452 e. The molecule has 2 aromatic carbocycles. The lowest BCUT2D eigenvalue weighted by Crippen LogP contribution is -2.66. The number of amides is 1. The van der Waals surface area contributed by atoms with Crippen LogP contribution in [0, 0.1) is 0 Å². The van der Waals surface area contributed by atoms with Gasteiger partial charge in [0.1, 0.15) is 12.1 Å². The average molecular weight is 469 g/mol. The van der Waals surface area contributed by atoms with Crippen molar-refractivity contribution in [1.82, 2.24) is 5.32 Å². The molecule has 0 spiro atoms. The van der Waals surface area contributed by atoms with Crippen molar-refractivity contribution in [2.75, 3.05) is 13.2 Å². The van der Waals surface area contributed by atoms with Gasteiger partial charge in [-0.1, -0.05) is 42.5 Å². The number of rotatable bonds is 9. The Morgan fingerprint density at radius 3 is 1.97 bits per heavy atom. The van der Waals surface area contributed by atoms with Crippen LogP contribution in [0.15, 0.2) is 73.3 Å². The summed E-state index contributed by atoms with van der Waals surface area (Å²) in [6, 6.07) is 15.4. The molecule has 0 aromatic heterocycles. The van der Waals surface area contributed by atoms with Gasteiger partial charge in [-0.3, -0.25) is 4.79 Å². The molecule has 34 heavy (non-hydrogen) atoms. The van der Waals surface area contributed by atoms with Gasteiger partial charge >= 0.3 is 11.9 Å². The molecule has 1 aliphatic rings. The van der Waals surface area contributed by atoms with Crippen LogP contribution in [0.5, 0.6) is 0 Å². The fraction of sp³-hybridized carbons (Fsp3) is 0.320. The van der Waals surface area contributed by atoms with E-state index in [2.05, 4.69) is 11.9 Å². The van der Waals surface area contributed by atoms with E-state index in [4.69, 9.17) is 18.9 Å². The summed E-state index contributed by atoms with van der Waals surface area (Å²) in [5.74, 6) is -1.86. The second-order valence-corrected chi connectivity index (χ2v) is 7.55. The summed E-state index contributed by atoms with van der Waals surface area (Å²) in [6.07, 6.45) is -3.20. The first-order valence-corrected chi connectivity index (χ1v) is 10.7. The van der Waals surface area contributed by atoms with Gasteiger partial charge in [0.05, 0.1) is 24.3 Å². The first-order valence-electron chi connectivity index (χ1n) is 10.7. The quantitative estimate of drug-likeness (QED) is 0.422. The number of nitrogens with one attached hydrogen (secondary N) is 1. The Morgan fingerprint density at radius 2 is 1.50 bits per heavy atom. The number of carbonyl (C=O) groups is 3.